The van der Waals surface area contributed by atoms with Crippen LogP contribution >= 0.6 is 0 Å². The van der Waals surface area contributed by atoms with Gasteiger partial charge in [-0.05, 0) is 79.9 Å². The zero-order valence-electron chi connectivity index (χ0n) is 29.7. The molecule has 3 saturated heterocycles. The van der Waals surface area contributed by atoms with Crippen molar-refractivity contribution in [2.75, 3.05) is 26.7 Å². The molecule has 3 aliphatic rings. The first-order valence-corrected chi connectivity index (χ1v) is 18.5. The largest absolute Gasteiger partial charge is 0.465 e. The van der Waals surface area contributed by atoms with E-state index in [9.17, 15) is 19.5 Å². The molecule has 0 radical (unpaired) electrons. The normalized spacial score (nSPS) is 20.9. The Morgan fingerprint density at radius 2 is 1.21 bits per heavy atom. The van der Waals surface area contributed by atoms with Gasteiger partial charge in [-0.3, -0.25) is 14.5 Å². The van der Waals surface area contributed by atoms with Crippen LogP contribution in [0.5, 0.6) is 0 Å². The highest BCUT2D eigenvalue weighted by Gasteiger charge is 2.39. The van der Waals surface area contributed by atoms with Crippen molar-refractivity contribution in [3.8, 4) is 33.6 Å². The molecule has 8 rings (SSSR count). The third-order valence-corrected chi connectivity index (χ3v) is 11.1. The quantitative estimate of drug-likeness (QED) is 0.135. The van der Waals surface area contributed by atoms with Crippen molar-refractivity contribution < 1.29 is 19.5 Å². The second-order valence-corrected chi connectivity index (χ2v) is 14.3. The van der Waals surface area contributed by atoms with Crippen LogP contribution in [0.25, 0.3) is 33.6 Å². The molecule has 3 aromatic carbocycles. The van der Waals surface area contributed by atoms with Gasteiger partial charge < -0.3 is 30.2 Å². The number of nitrogens with one attached hydrogen (secondary N) is 3. The van der Waals surface area contributed by atoms with Gasteiger partial charge in [0.15, 0.2) is 0 Å². The number of H-pyrrole nitrogens is 2. The van der Waals surface area contributed by atoms with Gasteiger partial charge in [0.2, 0.25) is 5.91 Å². The molecule has 3 fully saturated rings. The molecule has 0 unspecified atom stereocenters. The summed E-state index contributed by atoms with van der Waals surface area (Å²) in [6.07, 6.45) is 7.85. The number of carboxylic acid groups (broad SMARTS) is 1. The molecule has 0 saturated carbocycles. The van der Waals surface area contributed by atoms with Crippen LogP contribution in [-0.2, 0) is 9.59 Å². The minimum atomic E-state index is -1.25. The summed E-state index contributed by atoms with van der Waals surface area (Å²) >= 11 is 0. The molecule has 5 heterocycles. The number of rotatable bonds is 9. The Kier molecular flexibility index (Phi) is 9.53. The number of nitrogens with zero attached hydrogens (tertiary/aromatic N) is 5. The standard InChI is InChI=1S/C41H44N8O4/c1-47-21-5-12-35(47)39(50)48-22-6-10-33(48)37-42-24-31(44-37)28-17-13-26(14-18-28)27-15-19-29(20-16-27)32-25-43-38(45-32)34-11-7-23-49(34)40(51)36(46-41(52)53)30-8-3-2-4-9-30/h2-4,8-9,13-20,24-25,33-36,46H,5-7,10-12,21-23H2,1H3,(H,42,44)(H,43,45)(H,52,53)/t33-,34-,35-,36+/m0/s1. The SMILES string of the molecule is CN1CCC[C@H]1C(=O)N1CCC[C@H]1c1ncc(-c2ccc(-c3ccc(-c4cnc([C@@H]5CCCN5C(=O)[C@H](NC(=O)O)c5ccccc5)[nH]4)cc3)cc2)[nH]1. The molecule has 4 N–H and O–H groups in total. The maximum Gasteiger partial charge on any atom is 0.405 e. The van der Waals surface area contributed by atoms with Gasteiger partial charge in [-0.25, -0.2) is 14.8 Å². The van der Waals surface area contributed by atoms with E-state index in [1.165, 1.54) is 0 Å². The highest BCUT2D eigenvalue weighted by atomic mass is 16.4. The lowest BCUT2D eigenvalue weighted by Crippen LogP contribution is -2.44. The van der Waals surface area contributed by atoms with Crippen molar-refractivity contribution in [2.24, 2.45) is 0 Å². The summed E-state index contributed by atoms with van der Waals surface area (Å²) in [5.41, 5.74) is 6.55. The summed E-state index contributed by atoms with van der Waals surface area (Å²) in [6, 6.07) is 24.3. The van der Waals surface area contributed by atoms with Crippen molar-refractivity contribution in [1.82, 2.24) is 40.0 Å². The Labute approximate surface area is 308 Å². The molecule has 272 valence electrons. The number of aromatic amines is 2. The van der Waals surface area contributed by atoms with E-state index in [0.29, 0.717) is 17.9 Å². The monoisotopic (exact) mass is 712 g/mol. The van der Waals surface area contributed by atoms with Crippen LogP contribution in [0.2, 0.25) is 0 Å². The summed E-state index contributed by atoms with van der Waals surface area (Å²) < 4.78 is 0. The van der Waals surface area contributed by atoms with Gasteiger partial charge in [0.25, 0.3) is 5.91 Å². The fourth-order valence-corrected chi connectivity index (χ4v) is 8.26. The van der Waals surface area contributed by atoms with Crippen LogP contribution in [0, 0.1) is 0 Å². The number of benzene rings is 3. The molecule has 12 heteroatoms. The van der Waals surface area contributed by atoms with E-state index in [1.54, 1.807) is 35.4 Å². The average molecular weight is 713 g/mol. The Balaban J connectivity index is 0.928. The fraction of sp³-hybridized carbons (Fsp3) is 0.341. The van der Waals surface area contributed by atoms with Crippen molar-refractivity contribution in [1.29, 1.82) is 0 Å². The first-order chi connectivity index (χ1) is 25.8. The molecule has 3 amide bonds. The van der Waals surface area contributed by atoms with Gasteiger partial charge in [0, 0.05) is 13.1 Å². The van der Waals surface area contributed by atoms with Crippen LogP contribution in [0.15, 0.2) is 91.3 Å². The summed E-state index contributed by atoms with van der Waals surface area (Å²) in [7, 11) is 2.04. The van der Waals surface area contributed by atoms with Gasteiger partial charge in [0.1, 0.15) is 17.7 Å². The lowest BCUT2D eigenvalue weighted by Gasteiger charge is -2.29. The molecule has 5 aromatic rings. The number of carbonyl (C=O) groups excluding carboxylic acids is 2. The molecular weight excluding hydrogens is 669 g/mol. The van der Waals surface area contributed by atoms with E-state index in [1.807, 2.05) is 24.2 Å². The van der Waals surface area contributed by atoms with Crippen LogP contribution in [-0.4, -0.2) is 90.4 Å². The third-order valence-electron chi connectivity index (χ3n) is 11.1. The number of likely N-dealkylation sites (N-methyl/N-ethyl adjacent to an activating group) is 1. The zero-order valence-corrected chi connectivity index (χ0v) is 29.7. The van der Waals surface area contributed by atoms with Crippen LogP contribution < -0.4 is 5.32 Å². The topological polar surface area (TPSA) is 151 Å². The molecule has 3 aliphatic heterocycles. The molecule has 4 atom stereocenters. The van der Waals surface area contributed by atoms with E-state index in [-0.39, 0.29) is 29.9 Å². The summed E-state index contributed by atoms with van der Waals surface area (Å²) in [6.45, 7) is 2.28. The number of hydrogen-bond donors (Lipinski definition) is 4. The Bertz CT molecular complexity index is 2080. The Morgan fingerprint density at radius 1 is 0.698 bits per heavy atom. The van der Waals surface area contributed by atoms with Crippen molar-refractivity contribution >= 4 is 17.9 Å². The van der Waals surface area contributed by atoms with Crippen molar-refractivity contribution in [3.63, 3.8) is 0 Å². The third kappa shape index (κ3) is 6.94. The second-order valence-electron chi connectivity index (χ2n) is 14.3. The lowest BCUT2D eigenvalue weighted by atomic mass is 10.0. The van der Waals surface area contributed by atoms with E-state index in [4.69, 9.17) is 4.98 Å². The van der Waals surface area contributed by atoms with Gasteiger partial charge in [0.05, 0.1) is 41.9 Å². The van der Waals surface area contributed by atoms with E-state index >= 15 is 0 Å². The number of likely N-dealkylation sites (tertiary alicyclic amines) is 3. The summed E-state index contributed by atoms with van der Waals surface area (Å²) in [4.78, 5) is 60.9. The maximum absolute atomic E-state index is 13.7. The van der Waals surface area contributed by atoms with Crippen LogP contribution in [0.4, 0.5) is 4.79 Å². The van der Waals surface area contributed by atoms with Crippen LogP contribution in [0.3, 0.4) is 0 Å². The average Bonchev–Trinajstić information content (AvgIpc) is 4.03. The molecule has 53 heavy (non-hydrogen) atoms. The smallest absolute Gasteiger partial charge is 0.405 e. The zero-order chi connectivity index (χ0) is 36.5. The fourth-order valence-electron chi connectivity index (χ4n) is 8.26. The maximum atomic E-state index is 13.7. The number of amides is 3. The lowest BCUT2D eigenvalue weighted by molar-refractivity contribution is -0.136. The van der Waals surface area contributed by atoms with E-state index in [0.717, 1.165) is 91.1 Å². The molecule has 0 spiro atoms. The van der Waals surface area contributed by atoms with E-state index in [2.05, 4.69) is 73.7 Å². The Hall–Kier alpha value is -5.75. The number of aromatic nitrogens is 4. The molecule has 12 nitrogen and oxygen atoms in total. The predicted octanol–water partition coefficient (Wildman–Crippen LogP) is 6.56. The van der Waals surface area contributed by atoms with Gasteiger partial charge in [-0.1, -0.05) is 78.9 Å². The first kappa shape index (κ1) is 34.3. The highest BCUT2D eigenvalue weighted by Crippen LogP contribution is 2.36. The minimum Gasteiger partial charge on any atom is -0.465 e. The molecular formula is C41H44N8O4. The summed E-state index contributed by atoms with van der Waals surface area (Å²) in [5.74, 6) is 1.47. The number of hydrogen-bond acceptors (Lipinski definition) is 6. The summed E-state index contributed by atoms with van der Waals surface area (Å²) in [5, 5.41) is 11.9. The van der Waals surface area contributed by atoms with Crippen LogP contribution in [0.1, 0.15) is 73.9 Å². The highest BCUT2D eigenvalue weighted by molar-refractivity contribution is 5.87. The van der Waals surface area contributed by atoms with Crippen molar-refractivity contribution in [2.45, 2.75) is 62.7 Å². The van der Waals surface area contributed by atoms with E-state index < -0.39 is 12.1 Å². The number of imidazole rings is 2. The predicted molar refractivity (Wildman–Crippen MR) is 200 cm³/mol. The molecule has 0 bridgehead atoms. The molecule has 0 aliphatic carbocycles. The first-order valence-electron chi connectivity index (χ1n) is 18.5. The minimum absolute atomic E-state index is 0.0123. The Morgan fingerprint density at radius 3 is 1.74 bits per heavy atom. The molecule has 2 aromatic heterocycles. The van der Waals surface area contributed by atoms with Gasteiger partial charge in [-0.2, -0.15) is 0 Å². The number of carbonyl (C=O) groups is 3. The second kappa shape index (κ2) is 14.7. The van der Waals surface area contributed by atoms with Gasteiger partial charge >= 0.3 is 6.09 Å². The van der Waals surface area contributed by atoms with Gasteiger partial charge in [-0.15, -0.1) is 0 Å². The van der Waals surface area contributed by atoms with Crippen molar-refractivity contribution in [3.05, 3.63) is 108 Å².